The highest BCUT2D eigenvalue weighted by Crippen LogP contribution is 2.35. The van der Waals surface area contributed by atoms with Crippen molar-refractivity contribution in [1.29, 1.82) is 0 Å². The standard InChI is InChI=1S/C18H25N3O3/c1-3-15-18(23)21(14-12-13(2)4-5-16(14)24-15)9-6-17(22)20-10-7-19-8-11-20/h4-5,12,15,19H,3,6-11H2,1-2H3. The van der Waals surface area contributed by atoms with Crippen molar-refractivity contribution in [2.45, 2.75) is 32.8 Å². The van der Waals surface area contributed by atoms with Crippen molar-refractivity contribution in [3.63, 3.8) is 0 Å². The third-order valence-electron chi connectivity index (χ3n) is 4.61. The summed E-state index contributed by atoms with van der Waals surface area (Å²) in [7, 11) is 0. The molecule has 1 aromatic rings. The number of amides is 2. The van der Waals surface area contributed by atoms with E-state index in [0.29, 0.717) is 19.4 Å². The fourth-order valence-corrected chi connectivity index (χ4v) is 3.20. The second kappa shape index (κ2) is 7.21. The quantitative estimate of drug-likeness (QED) is 0.904. The Morgan fingerprint density at radius 2 is 2.08 bits per heavy atom. The van der Waals surface area contributed by atoms with Crippen LogP contribution >= 0.6 is 0 Å². The number of nitrogens with zero attached hydrogens (tertiary/aromatic N) is 2. The molecular formula is C18H25N3O3. The van der Waals surface area contributed by atoms with Crippen LogP contribution in [-0.4, -0.2) is 55.5 Å². The van der Waals surface area contributed by atoms with Gasteiger partial charge in [0.05, 0.1) is 5.69 Å². The molecule has 2 heterocycles. The highest BCUT2D eigenvalue weighted by molar-refractivity contribution is 6.00. The van der Waals surface area contributed by atoms with Gasteiger partial charge in [0.15, 0.2) is 6.10 Å². The molecule has 2 amide bonds. The lowest BCUT2D eigenvalue weighted by Crippen LogP contribution is -2.49. The van der Waals surface area contributed by atoms with Gasteiger partial charge in [0.25, 0.3) is 5.91 Å². The largest absolute Gasteiger partial charge is 0.478 e. The molecule has 3 rings (SSSR count). The van der Waals surface area contributed by atoms with E-state index in [2.05, 4.69) is 5.32 Å². The van der Waals surface area contributed by atoms with Crippen LogP contribution in [0, 0.1) is 6.92 Å². The topological polar surface area (TPSA) is 61.9 Å². The van der Waals surface area contributed by atoms with E-state index in [0.717, 1.165) is 43.2 Å². The number of anilines is 1. The maximum atomic E-state index is 12.7. The van der Waals surface area contributed by atoms with E-state index < -0.39 is 6.10 Å². The minimum Gasteiger partial charge on any atom is -0.478 e. The van der Waals surface area contributed by atoms with E-state index in [1.807, 2.05) is 36.9 Å². The van der Waals surface area contributed by atoms with Gasteiger partial charge in [0.2, 0.25) is 5.91 Å². The SMILES string of the molecule is CCC1Oc2ccc(C)cc2N(CCC(=O)N2CCNCC2)C1=O. The fraction of sp³-hybridized carbons (Fsp3) is 0.556. The highest BCUT2D eigenvalue weighted by Gasteiger charge is 2.33. The van der Waals surface area contributed by atoms with Crippen LogP contribution in [0.2, 0.25) is 0 Å². The van der Waals surface area contributed by atoms with Gasteiger partial charge in [0.1, 0.15) is 5.75 Å². The van der Waals surface area contributed by atoms with Crippen LogP contribution < -0.4 is 15.0 Å². The first kappa shape index (κ1) is 16.8. The van der Waals surface area contributed by atoms with Crippen molar-refractivity contribution >= 4 is 17.5 Å². The molecule has 130 valence electrons. The van der Waals surface area contributed by atoms with Gasteiger partial charge in [-0.25, -0.2) is 0 Å². The molecule has 1 unspecified atom stereocenters. The lowest BCUT2D eigenvalue weighted by Gasteiger charge is -2.35. The molecule has 6 nitrogen and oxygen atoms in total. The van der Waals surface area contributed by atoms with Crippen molar-refractivity contribution in [3.05, 3.63) is 23.8 Å². The first-order chi connectivity index (χ1) is 11.6. The van der Waals surface area contributed by atoms with Gasteiger partial charge >= 0.3 is 0 Å². The van der Waals surface area contributed by atoms with Crippen LogP contribution in [0.3, 0.4) is 0 Å². The Hall–Kier alpha value is -2.08. The minimum absolute atomic E-state index is 0.0521. The van der Waals surface area contributed by atoms with E-state index in [9.17, 15) is 9.59 Å². The molecular weight excluding hydrogens is 306 g/mol. The average Bonchev–Trinajstić information content (AvgIpc) is 2.61. The van der Waals surface area contributed by atoms with Crippen LogP contribution in [0.25, 0.3) is 0 Å². The molecule has 2 aliphatic heterocycles. The second-order valence-electron chi connectivity index (χ2n) is 6.36. The molecule has 0 saturated carbocycles. The van der Waals surface area contributed by atoms with E-state index in [1.165, 1.54) is 0 Å². The van der Waals surface area contributed by atoms with Gasteiger partial charge in [-0.15, -0.1) is 0 Å². The van der Waals surface area contributed by atoms with Crippen molar-refractivity contribution in [1.82, 2.24) is 10.2 Å². The van der Waals surface area contributed by atoms with E-state index in [4.69, 9.17) is 4.74 Å². The number of fused-ring (bicyclic) bond motifs is 1. The van der Waals surface area contributed by atoms with Crippen LogP contribution in [0.1, 0.15) is 25.3 Å². The summed E-state index contributed by atoms with van der Waals surface area (Å²) in [4.78, 5) is 28.7. The molecule has 24 heavy (non-hydrogen) atoms. The molecule has 1 atom stereocenters. The molecule has 0 aliphatic carbocycles. The van der Waals surface area contributed by atoms with Crippen molar-refractivity contribution in [2.75, 3.05) is 37.6 Å². The van der Waals surface area contributed by atoms with Crippen LogP contribution in [0.4, 0.5) is 5.69 Å². The third-order valence-corrected chi connectivity index (χ3v) is 4.61. The molecule has 6 heteroatoms. The number of carbonyl (C=O) groups excluding carboxylic acids is 2. The summed E-state index contributed by atoms with van der Waals surface area (Å²) in [5.74, 6) is 0.781. The molecule has 0 spiro atoms. The number of hydrogen-bond donors (Lipinski definition) is 1. The van der Waals surface area contributed by atoms with Gasteiger partial charge in [-0.05, 0) is 31.0 Å². The van der Waals surface area contributed by atoms with E-state index in [-0.39, 0.29) is 11.8 Å². The maximum Gasteiger partial charge on any atom is 0.268 e. The number of benzene rings is 1. The van der Waals surface area contributed by atoms with Gasteiger partial charge in [-0.1, -0.05) is 13.0 Å². The van der Waals surface area contributed by atoms with Crippen LogP contribution in [-0.2, 0) is 9.59 Å². The van der Waals surface area contributed by atoms with E-state index in [1.54, 1.807) is 4.90 Å². The summed E-state index contributed by atoms with van der Waals surface area (Å²) < 4.78 is 5.81. The van der Waals surface area contributed by atoms with Crippen LogP contribution in [0.15, 0.2) is 18.2 Å². The zero-order chi connectivity index (χ0) is 17.1. The second-order valence-corrected chi connectivity index (χ2v) is 6.36. The molecule has 0 aromatic heterocycles. The maximum absolute atomic E-state index is 12.7. The summed E-state index contributed by atoms with van der Waals surface area (Å²) in [6, 6.07) is 5.84. The van der Waals surface area contributed by atoms with Gasteiger partial charge in [-0.3, -0.25) is 9.59 Å². The number of nitrogens with one attached hydrogen (secondary N) is 1. The van der Waals surface area contributed by atoms with Crippen LogP contribution in [0.5, 0.6) is 5.75 Å². The Balaban J connectivity index is 1.74. The zero-order valence-corrected chi connectivity index (χ0v) is 14.4. The summed E-state index contributed by atoms with van der Waals surface area (Å²) in [5, 5.41) is 3.24. The molecule has 1 fully saturated rings. The Morgan fingerprint density at radius 1 is 1.33 bits per heavy atom. The van der Waals surface area contributed by atoms with Gasteiger partial charge in [-0.2, -0.15) is 0 Å². The summed E-state index contributed by atoms with van der Waals surface area (Å²) >= 11 is 0. The molecule has 0 bridgehead atoms. The first-order valence-corrected chi connectivity index (χ1v) is 8.67. The van der Waals surface area contributed by atoms with Gasteiger partial charge < -0.3 is 19.9 Å². The van der Waals surface area contributed by atoms with Crippen molar-refractivity contribution < 1.29 is 14.3 Å². The highest BCUT2D eigenvalue weighted by atomic mass is 16.5. The number of piperazine rings is 1. The Bertz CT molecular complexity index is 626. The Labute approximate surface area is 142 Å². The molecule has 0 radical (unpaired) electrons. The van der Waals surface area contributed by atoms with E-state index >= 15 is 0 Å². The minimum atomic E-state index is -0.463. The van der Waals surface area contributed by atoms with Crippen molar-refractivity contribution in [3.8, 4) is 5.75 Å². The smallest absolute Gasteiger partial charge is 0.268 e. The molecule has 1 saturated heterocycles. The summed E-state index contributed by atoms with van der Waals surface area (Å²) in [5.41, 5.74) is 1.84. The zero-order valence-electron chi connectivity index (χ0n) is 14.4. The third kappa shape index (κ3) is 3.38. The predicted molar refractivity (Wildman–Crippen MR) is 92.3 cm³/mol. The number of rotatable bonds is 4. The average molecular weight is 331 g/mol. The number of hydrogen-bond acceptors (Lipinski definition) is 4. The Morgan fingerprint density at radius 3 is 2.79 bits per heavy atom. The molecule has 2 aliphatic rings. The Kier molecular flexibility index (Phi) is 5.04. The lowest BCUT2D eigenvalue weighted by molar-refractivity contribution is -0.131. The summed E-state index contributed by atoms with van der Waals surface area (Å²) in [6.45, 7) is 7.47. The number of carbonyl (C=O) groups is 2. The molecule has 1 aromatic carbocycles. The normalized spacial score (nSPS) is 20.6. The predicted octanol–water partition coefficient (Wildman–Crippen LogP) is 1.32. The lowest BCUT2D eigenvalue weighted by atomic mass is 10.1. The summed E-state index contributed by atoms with van der Waals surface area (Å²) in [6.07, 6.45) is 0.499. The molecule has 1 N–H and O–H groups in total. The fourth-order valence-electron chi connectivity index (χ4n) is 3.20. The van der Waals surface area contributed by atoms with Gasteiger partial charge in [0, 0.05) is 39.1 Å². The van der Waals surface area contributed by atoms with Crippen molar-refractivity contribution in [2.24, 2.45) is 0 Å². The number of aryl methyl sites for hydroxylation is 1. The first-order valence-electron chi connectivity index (χ1n) is 8.67. The number of ether oxygens (including phenoxy) is 1. The monoisotopic (exact) mass is 331 g/mol.